The Bertz CT molecular complexity index is 137. The molecule has 1 aliphatic heterocycles. The molecule has 0 amide bonds. The number of nitrogens with two attached hydrogens (primary N) is 1. The van der Waals surface area contributed by atoms with Crippen LogP contribution < -0.4 is 4.13 Å². The van der Waals surface area contributed by atoms with Gasteiger partial charge < -0.3 is 0 Å². The van der Waals surface area contributed by atoms with Gasteiger partial charge in [0.05, 0.1) is 9.81 Å². The second-order valence-corrected chi connectivity index (χ2v) is 4.61. The van der Waals surface area contributed by atoms with E-state index < -0.39 is 0 Å². The molecule has 0 saturated heterocycles. The topological polar surface area (TPSA) is 16.6 Å². The fourth-order valence-corrected chi connectivity index (χ4v) is 3.64. The van der Waals surface area contributed by atoms with E-state index in [1.54, 1.807) is 9.81 Å². The minimum Gasteiger partial charge on any atom is -0.215 e. The van der Waals surface area contributed by atoms with Gasteiger partial charge in [0.2, 0.25) is 0 Å². The van der Waals surface area contributed by atoms with E-state index in [1.807, 2.05) is 23.9 Å². The molecule has 2 N–H and O–H groups in total. The molecule has 0 aromatic carbocycles. The van der Waals surface area contributed by atoms with Crippen molar-refractivity contribution in [3.8, 4) is 0 Å². The highest BCUT2D eigenvalue weighted by Crippen LogP contribution is 2.37. The summed E-state index contributed by atoms with van der Waals surface area (Å²) in [6.45, 7) is 0. The molecule has 50 valence electrons. The van der Waals surface area contributed by atoms with E-state index >= 15 is 0 Å². The summed E-state index contributed by atoms with van der Waals surface area (Å²) in [5.74, 6) is 0. The van der Waals surface area contributed by atoms with Gasteiger partial charge >= 0.3 is 0 Å². The number of quaternary nitrogens is 1. The molecule has 0 saturated carbocycles. The largest absolute Gasteiger partial charge is 0.215 e. The van der Waals surface area contributed by atoms with Crippen molar-refractivity contribution in [1.82, 2.24) is 0 Å². The molecule has 0 fully saturated rings. The molecule has 1 nitrogen and oxygen atoms in total. The van der Waals surface area contributed by atoms with Crippen molar-refractivity contribution in [1.29, 1.82) is 0 Å². The average molecular weight is 160 g/mol. The summed E-state index contributed by atoms with van der Waals surface area (Å²) in [6, 6.07) is 0. The van der Waals surface area contributed by atoms with E-state index in [0.29, 0.717) is 0 Å². The van der Waals surface area contributed by atoms with Crippen molar-refractivity contribution in [2.24, 2.45) is 0 Å². The molecule has 0 bridgehead atoms. The van der Waals surface area contributed by atoms with Gasteiger partial charge in [-0.2, -0.15) is 0 Å². The van der Waals surface area contributed by atoms with Gasteiger partial charge in [-0.3, -0.25) is 0 Å². The van der Waals surface area contributed by atoms with Crippen molar-refractivity contribution < 1.29 is 4.13 Å². The first-order valence-electron chi connectivity index (χ1n) is 3.34. The quantitative estimate of drug-likeness (QED) is 0.542. The second kappa shape index (κ2) is 2.56. The maximum atomic E-state index is 2.26. The summed E-state index contributed by atoms with van der Waals surface area (Å²) in [7, 11) is 0. The molecule has 1 aliphatic carbocycles. The predicted octanol–water partition coefficient (Wildman–Crippen LogP) is 1.65. The lowest BCUT2D eigenvalue weighted by atomic mass is 10.1. The molecule has 2 aliphatic rings. The van der Waals surface area contributed by atoms with Crippen LogP contribution in [0.25, 0.3) is 0 Å². The van der Waals surface area contributed by atoms with E-state index in [0.717, 1.165) is 0 Å². The normalized spacial score (nSPS) is 26.7. The van der Waals surface area contributed by atoms with Gasteiger partial charge in [-0.15, -0.1) is 0 Å². The van der Waals surface area contributed by atoms with Gasteiger partial charge in [0.15, 0.2) is 0 Å². The summed E-state index contributed by atoms with van der Waals surface area (Å²) in [5.41, 5.74) is 0. The SMILES string of the molecule is C1CCC2=C(C1)S[NH2+]S2. The standard InChI is InChI=1S/C6H9NS2/c1-2-4-6-5(3-1)8-7-9-6/h7H,1-4H2/p+1. The molecule has 9 heavy (non-hydrogen) atoms. The van der Waals surface area contributed by atoms with Crippen LogP contribution in [0.5, 0.6) is 0 Å². The highest BCUT2D eigenvalue weighted by molar-refractivity contribution is 8.11. The van der Waals surface area contributed by atoms with Crippen LogP contribution in [0.4, 0.5) is 0 Å². The Morgan fingerprint density at radius 3 is 2.11 bits per heavy atom. The fraction of sp³-hybridized carbons (Fsp3) is 0.667. The van der Waals surface area contributed by atoms with E-state index in [-0.39, 0.29) is 0 Å². The van der Waals surface area contributed by atoms with Gasteiger partial charge in [0.25, 0.3) is 0 Å². The Kier molecular flexibility index (Phi) is 1.75. The van der Waals surface area contributed by atoms with Crippen LogP contribution in [0.3, 0.4) is 0 Å². The van der Waals surface area contributed by atoms with Crippen molar-refractivity contribution in [3.63, 3.8) is 0 Å². The van der Waals surface area contributed by atoms with Crippen LogP contribution in [0, 0.1) is 0 Å². The minimum absolute atomic E-state index is 1.35. The smallest absolute Gasteiger partial charge is 0.118 e. The van der Waals surface area contributed by atoms with Gasteiger partial charge in [-0.05, 0) is 25.7 Å². The Morgan fingerprint density at radius 2 is 1.56 bits per heavy atom. The van der Waals surface area contributed by atoms with Crippen LogP contribution in [0.2, 0.25) is 0 Å². The molecule has 0 spiro atoms. The second-order valence-electron chi connectivity index (χ2n) is 2.39. The molecular formula is C6H10NS2+. The summed E-state index contributed by atoms with van der Waals surface area (Å²) < 4.78 is 2.26. The van der Waals surface area contributed by atoms with Gasteiger partial charge in [0.1, 0.15) is 23.9 Å². The Morgan fingerprint density at radius 1 is 1.00 bits per heavy atom. The number of hydrogen-bond acceptors (Lipinski definition) is 2. The zero-order chi connectivity index (χ0) is 6.10. The van der Waals surface area contributed by atoms with Crippen molar-refractivity contribution >= 4 is 23.9 Å². The molecule has 3 heteroatoms. The number of rotatable bonds is 0. The van der Waals surface area contributed by atoms with E-state index in [1.165, 1.54) is 25.7 Å². The first-order chi connectivity index (χ1) is 4.47. The minimum atomic E-state index is 1.35. The average Bonchev–Trinajstić information content (AvgIpc) is 2.33. The summed E-state index contributed by atoms with van der Waals surface area (Å²) in [4.78, 5) is 3.32. The monoisotopic (exact) mass is 160 g/mol. The maximum absolute atomic E-state index is 2.26. The van der Waals surface area contributed by atoms with Crippen LogP contribution in [-0.4, -0.2) is 0 Å². The number of hydrogen-bond donors (Lipinski definition) is 1. The molecule has 2 rings (SSSR count). The summed E-state index contributed by atoms with van der Waals surface area (Å²) in [6.07, 6.45) is 5.54. The molecule has 1 heterocycles. The number of allylic oxidation sites excluding steroid dienone is 2. The summed E-state index contributed by atoms with van der Waals surface area (Å²) >= 11 is 3.89. The Labute approximate surface area is 63.9 Å². The lowest BCUT2D eigenvalue weighted by Gasteiger charge is -2.06. The molecule has 0 unspecified atom stereocenters. The third-order valence-corrected chi connectivity index (χ3v) is 4.12. The van der Waals surface area contributed by atoms with E-state index in [4.69, 9.17) is 0 Å². The van der Waals surface area contributed by atoms with Crippen molar-refractivity contribution in [2.45, 2.75) is 25.7 Å². The lowest BCUT2D eigenvalue weighted by molar-refractivity contribution is -0.263. The summed E-state index contributed by atoms with van der Waals surface area (Å²) in [5, 5.41) is 0. The molecule has 0 aromatic rings. The highest BCUT2D eigenvalue weighted by Gasteiger charge is 2.23. The third kappa shape index (κ3) is 1.14. The van der Waals surface area contributed by atoms with Gasteiger partial charge in [-0.1, -0.05) is 0 Å². The van der Waals surface area contributed by atoms with E-state index in [9.17, 15) is 0 Å². The molecule has 0 atom stereocenters. The lowest BCUT2D eigenvalue weighted by Crippen LogP contribution is -2.63. The van der Waals surface area contributed by atoms with Crippen LogP contribution >= 0.6 is 23.9 Å². The van der Waals surface area contributed by atoms with Crippen LogP contribution in [-0.2, 0) is 0 Å². The molecule has 0 radical (unpaired) electrons. The van der Waals surface area contributed by atoms with Crippen molar-refractivity contribution in [2.75, 3.05) is 0 Å². The first kappa shape index (κ1) is 6.13. The molecular weight excluding hydrogens is 150 g/mol. The van der Waals surface area contributed by atoms with Gasteiger partial charge in [-0.25, -0.2) is 4.13 Å². The zero-order valence-electron chi connectivity index (χ0n) is 5.22. The fourth-order valence-electron chi connectivity index (χ4n) is 1.24. The Balaban J connectivity index is 2.17. The van der Waals surface area contributed by atoms with Crippen molar-refractivity contribution in [3.05, 3.63) is 9.81 Å². The van der Waals surface area contributed by atoms with E-state index in [2.05, 4.69) is 4.13 Å². The Hall–Kier alpha value is 0.400. The zero-order valence-corrected chi connectivity index (χ0v) is 6.86. The van der Waals surface area contributed by atoms with Gasteiger partial charge in [0, 0.05) is 0 Å². The first-order valence-corrected chi connectivity index (χ1v) is 5.10. The predicted molar refractivity (Wildman–Crippen MR) is 42.6 cm³/mol. The molecule has 0 aromatic heterocycles. The van der Waals surface area contributed by atoms with Crippen LogP contribution in [0.1, 0.15) is 25.7 Å². The third-order valence-electron chi connectivity index (χ3n) is 1.75. The highest BCUT2D eigenvalue weighted by atomic mass is 32.2. The maximum Gasteiger partial charge on any atom is 0.118 e. The van der Waals surface area contributed by atoms with Crippen LogP contribution in [0.15, 0.2) is 9.81 Å².